The zero-order valence-corrected chi connectivity index (χ0v) is 16.5. The van der Waals surface area contributed by atoms with Crippen molar-refractivity contribution in [1.29, 1.82) is 0 Å². The van der Waals surface area contributed by atoms with E-state index in [-0.39, 0.29) is 18.4 Å². The molecule has 0 aliphatic carbocycles. The molecule has 28 heavy (non-hydrogen) atoms. The van der Waals surface area contributed by atoms with E-state index in [0.717, 1.165) is 25.7 Å². The van der Waals surface area contributed by atoms with Gasteiger partial charge in [0.1, 0.15) is 5.01 Å². The molecule has 140 valence electrons. The first-order valence-electron chi connectivity index (χ1n) is 8.73. The number of fused-ring (bicyclic) bond motifs is 1. The Morgan fingerprint density at radius 1 is 0.857 bits per heavy atom. The maximum atomic E-state index is 12.3. The van der Waals surface area contributed by atoms with Crippen LogP contribution < -0.4 is 10.6 Å². The van der Waals surface area contributed by atoms with Gasteiger partial charge >= 0.3 is 0 Å². The number of aromatic nitrogens is 1. The molecule has 2 aromatic heterocycles. The van der Waals surface area contributed by atoms with Crippen molar-refractivity contribution >= 4 is 44.7 Å². The minimum Gasteiger partial charge on any atom is -0.350 e. The minimum absolute atomic E-state index is 0.0555. The van der Waals surface area contributed by atoms with Gasteiger partial charge < -0.3 is 10.6 Å². The van der Waals surface area contributed by atoms with Crippen LogP contribution in [0.1, 0.15) is 15.2 Å². The number of carbonyl (C=O) groups is 2. The highest BCUT2D eigenvalue weighted by atomic mass is 32.1. The van der Waals surface area contributed by atoms with Crippen LogP contribution in [0.3, 0.4) is 0 Å². The molecule has 0 bridgehead atoms. The summed E-state index contributed by atoms with van der Waals surface area (Å²) in [6, 6.07) is 21.3. The summed E-state index contributed by atoms with van der Waals surface area (Å²) in [5.41, 5.74) is 1.97. The predicted octanol–water partition coefficient (Wildman–Crippen LogP) is 4.07. The Bertz CT molecular complexity index is 1090. The first kappa shape index (κ1) is 18.3. The van der Waals surface area contributed by atoms with Gasteiger partial charge in [-0.05, 0) is 29.8 Å². The molecule has 4 rings (SSSR count). The zero-order chi connectivity index (χ0) is 19.3. The van der Waals surface area contributed by atoms with E-state index >= 15 is 0 Å². The van der Waals surface area contributed by atoms with Crippen LogP contribution in [0.25, 0.3) is 20.1 Å². The second-order valence-electron chi connectivity index (χ2n) is 6.10. The summed E-state index contributed by atoms with van der Waals surface area (Å²) >= 11 is 2.98. The van der Waals surface area contributed by atoms with Gasteiger partial charge in [-0.1, -0.05) is 42.5 Å². The molecule has 0 aliphatic heterocycles. The highest BCUT2D eigenvalue weighted by Gasteiger charge is 2.14. The zero-order valence-electron chi connectivity index (χ0n) is 14.8. The van der Waals surface area contributed by atoms with E-state index in [1.807, 2.05) is 60.7 Å². The largest absolute Gasteiger partial charge is 0.350 e. The molecular formula is C21H17N3O2S2. The summed E-state index contributed by atoms with van der Waals surface area (Å²) in [5, 5.41) is 6.36. The van der Waals surface area contributed by atoms with Crippen molar-refractivity contribution in [2.75, 3.05) is 6.54 Å². The molecule has 2 N–H and O–H groups in total. The molecule has 0 saturated carbocycles. The summed E-state index contributed by atoms with van der Waals surface area (Å²) in [6.07, 6.45) is 0. The van der Waals surface area contributed by atoms with Crippen molar-refractivity contribution in [3.8, 4) is 9.88 Å². The van der Waals surface area contributed by atoms with Crippen molar-refractivity contribution < 1.29 is 9.59 Å². The maximum Gasteiger partial charge on any atom is 0.261 e. The van der Waals surface area contributed by atoms with Crippen LogP contribution >= 0.6 is 22.7 Å². The molecule has 0 spiro atoms. The fourth-order valence-corrected chi connectivity index (χ4v) is 4.60. The van der Waals surface area contributed by atoms with Crippen LogP contribution in [0.4, 0.5) is 0 Å². The van der Waals surface area contributed by atoms with Gasteiger partial charge in [-0.2, -0.15) is 0 Å². The molecule has 7 heteroatoms. The van der Waals surface area contributed by atoms with Crippen molar-refractivity contribution in [2.24, 2.45) is 0 Å². The molecule has 0 fully saturated rings. The fraction of sp³-hybridized carbons (Fsp3) is 0.0952. The van der Waals surface area contributed by atoms with Crippen LogP contribution in [0, 0.1) is 0 Å². The van der Waals surface area contributed by atoms with Crippen molar-refractivity contribution in [3.63, 3.8) is 0 Å². The molecule has 4 aromatic rings. The first-order chi connectivity index (χ1) is 13.7. The monoisotopic (exact) mass is 407 g/mol. The third kappa shape index (κ3) is 4.27. The van der Waals surface area contributed by atoms with Crippen LogP contribution in [0.15, 0.2) is 66.7 Å². The number of rotatable bonds is 6. The molecule has 5 nitrogen and oxygen atoms in total. The third-order valence-corrected chi connectivity index (χ3v) is 6.37. The lowest BCUT2D eigenvalue weighted by Gasteiger charge is -2.06. The van der Waals surface area contributed by atoms with Gasteiger partial charge in [0, 0.05) is 6.54 Å². The summed E-state index contributed by atoms with van der Waals surface area (Å²) in [5.74, 6) is -0.479. The number of hydrogen-bond acceptors (Lipinski definition) is 5. The number of hydrogen-bond donors (Lipinski definition) is 2. The van der Waals surface area contributed by atoms with E-state index in [1.54, 1.807) is 17.4 Å². The third-order valence-electron chi connectivity index (χ3n) is 4.08. The minimum atomic E-state index is -0.257. The fourth-order valence-electron chi connectivity index (χ4n) is 2.66. The Kier molecular flexibility index (Phi) is 5.45. The topological polar surface area (TPSA) is 71.1 Å². The van der Waals surface area contributed by atoms with Crippen molar-refractivity contribution in [3.05, 3.63) is 77.2 Å². The highest BCUT2D eigenvalue weighted by molar-refractivity contribution is 7.26. The summed E-state index contributed by atoms with van der Waals surface area (Å²) in [7, 11) is 0. The molecule has 2 heterocycles. The number of amides is 2. The SMILES string of the molecule is O=C(CNC(=O)c1ccc(-c2nc3ccccc3s2)s1)NCc1ccccc1. The average Bonchev–Trinajstić information content (AvgIpc) is 3.38. The van der Waals surface area contributed by atoms with Crippen molar-refractivity contribution in [2.45, 2.75) is 6.54 Å². The lowest BCUT2D eigenvalue weighted by atomic mass is 10.2. The number of para-hydroxylation sites is 1. The summed E-state index contributed by atoms with van der Waals surface area (Å²) < 4.78 is 1.12. The predicted molar refractivity (Wildman–Crippen MR) is 114 cm³/mol. The molecular weight excluding hydrogens is 390 g/mol. The van der Waals surface area contributed by atoms with E-state index in [0.29, 0.717) is 11.4 Å². The highest BCUT2D eigenvalue weighted by Crippen LogP contribution is 2.34. The Labute approximate surface area is 170 Å². The maximum absolute atomic E-state index is 12.3. The molecule has 0 unspecified atom stereocenters. The average molecular weight is 408 g/mol. The second-order valence-corrected chi connectivity index (χ2v) is 8.21. The van der Waals surface area contributed by atoms with E-state index in [4.69, 9.17) is 0 Å². The van der Waals surface area contributed by atoms with E-state index < -0.39 is 0 Å². The van der Waals surface area contributed by atoms with Crippen LogP contribution in [-0.2, 0) is 11.3 Å². The molecule has 2 amide bonds. The van der Waals surface area contributed by atoms with Crippen LogP contribution in [-0.4, -0.2) is 23.3 Å². The molecule has 0 atom stereocenters. The van der Waals surface area contributed by atoms with Gasteiger partial charge in [-0.3, -0.25) is 9.59 Å². The summed E-state index contributed by atoms with van der Waals surface area (Å²) in [6.45, 7) is 0.385. The standard InChI is InChI=1S/C21H17N3O2S2/c25-19(22-12-14-6-2-1-3-7-14)13-23-20(26)17-10-11-18(27-17)21-24-15-8-4-5-9-16(15)28-21/h1-11H,12-13H2,(H,22,25)(H,23,26). The second kappa shape index (κ2) is 8.33. The van der Waals surface area contributed by atoms with Gasteiger partial charge in [0.2, 0.25) is 5.91 Å². The number of benzene rings is 2. The first-order valence-corrected chi connectivity index (χ1v) is 10.4. The lowest BCUT2D eigenvalue weighted by molar-refractivity contribution is -0.120. The molecule has 0 aliphatic rings. The van der Waals surface area contributed by atoms with Crippen molar-refractivity contribution in [1.82, 2.24) is 15.6 Å². The van der Waals surface area contributed by atoms with Gasteiger partial charge in [0.15, 0.2) is 0 Å². The van der Waals surface area contributed by atoms with Gasteiger partial charge in [-0.25, -0.2) is 4.98 Å². The molecule has 0 saturated heterocycles. The number of carbonyl (C=O) groups excluding carboxylic acids is 2. The van der Waals surface area contributed by atoms with Crippen LogP contribution in [0.5, 0.6) is 0 Å². The Hall–Kier alpha value is -3.03. The smallest absolute Gasteiger partial charge is 0.261 e. The van der Waals surface area contributed by atoms with E-state index in [1.165, 1.54) is 11.3 Å². The number of thiazole rings is 1. The lowest BCUT2D eigenvalue weighted by Crippen LogP contribution is -2.36. The Morgan fingerprint density at radius 3 is 2.46 bits per heavy atom. The van der Waals surface area contributed by atoms with E-state index in [9.17, 15) is 9.59 Å². The van der Waals surface area contributed by atoms with Gasteiger partial charge in [0.25, 0.3) is 5.91 Å². The number of nitrogens with zero attached hydrogens (tertiary/aromatic N) is 1. The van der Waals surface area contributed by atoms with E-state index in [2.05, 4.69) is 15.6 Å². The van der Waals surface area contributed by atoms with Crippen LogP contribution in [0.2, 0.25) is 0 Å². The van der Waals surface area contributed by atoms with Gasteiger partial charge in [0.05, 0.1) is 26.5 Å². The normalized spacial score (nSPS) is 10.7. The van der Waals surface area contributed by atoms with Gasteiger partial charge in [-0.15, -0.1) is 22.7 Å². The Balaban J connectivity index is 1.33. The number of thiophene rings is 1. The molecule has 2 aromatic carbocycles. The number of nitrogens with one attached hydrogen (secondary N) is 2. The molecule has 0 radical (unpaired) electrons. The summed E-state index contributed by atoms with van der Waals surface area (Å²) in [4.78, 5) is 30.4. The Morgan fingerprint density at radius 2 is 1.64 bits per heavy atom. The quantitative estimate of drug-likeness (QED) is 0.506.